The lowest BCUT2D eigenvalue weighted by molar-refractivity contribution is -0.384. The summed E-state index contributed by atoms with van der Waals surface area (Å²) in [5.41, 5.74) is 0.514. The topological polar surface area (TPSA) is 112 Å². The van der Waals surface area contributed by atoms with E-state index < -0.39 is 11.0 Å². The van der Waals surface area contributed by atoms with Crippen LogP contribution in [0.3, 0.4) is 0 Å². The van der Waals surface area contributed by atoms with Gasteiger partial charge in [0.05, 0.1) is 17.7 Å². The number of urea groups is 1. The first-order chi connectivity index (χ1) is 11.6. The molecule has 0 atom stereocenters. The van der Waals surface area contributed by atoms with Crippen molar-refractivity contribution in [2.24, 2.45) is 0 Å². The van der Waals surface area contributed by atoms with Crippen LogP contribution in [0.1, 0.15) is 0 Å². The number of non-ortho nitro benzene ring substituents is 1. The van der Waals surface area contributed by atoms with Crippen LogP contribution < -0.4 is 24.8 Å². The number of fused-ring (bicyclic) bond motifs is 1. The maximum absolute atomic E-state index is 12.1. The largest absolute Gasteiger partial charge is 0.495 e. The van der Waals surface area contributed by atoms with Crippen LogP contribution >= 0.6 is 0 Å². The van der Waals surface area contributed by atoms with Gasteiger partial charge in [0, 0.05) is 23.9 Å². The summed E-state index contributed by atoms with van der Waals surface area (Å²) in [7, 11) is 1.40. The van der Waals surface area contributed by atoms with Gasteiger partial charge in [0.1, 0.15) is 5.75 Å². The molecule has 0 unspecified atom stereocenters. The number of methoxy groups -OCH3 is 1. The van der Waals surface area contributed by atoms with E-state index in [1.807, 2.05) is 0 Å². The molecule has 0 radical (unpaired) electrons. The highest BCUT2D eigenvalue weighted by Crippen LogP contribution is 2.34. The first kappa shape index (κ1) is 15.4. The van der Waals surface area contributed by atoms with Crippen LogP contribution in [0.4, 0.5) is 21.9 Å². The second kappa shape index (κ2) is 6.32. The maximum atomic E-state index is 12.1. The molecule has 0 bridgehead atoms. The van der Waals surface area contributed by atoms with Gasteiger partial charge >= 0.3 is 6.03 Å². The normalized spacial score (nSPS) is 11.7. The Kier molecular flexibility index (Phi) is 4.06. The van der Waals surface area contributed by atoms with E-state index in [-0.39, 0.29) is 18.2 Å². The number of hydrogen-bond donors (Lipinski definition) is 2. The Morgan fingerprint density at radius 3 is 2.71 bits per heavy atom. The molecule has 0 saturated carbocycles. The molecular formula is C15H13N3O6. The van der Waals surface area contributed by atoms with Gasteiger partial charge in [-0.15, -0.1) is 0 Å². The average molecular weight is 331 g/mol. The van der Waals surface area contributed by atoms with E-state index in [1.165, 1.54) is 25.3 Å². The summed E-state index contributed by atoms with van der Waals surface area (Å²) >= 11 is 0. The van der Waals surface area contributed by atoms with Crippen molar-refractivity contribution in [3.05, 3.63) is 46.5 Å². The lowest BCUT2D eigenvalue weighted by Gasteiger charge is -2.11. The van der Waals surface area contributed by atoms with E-state index in [9.17, 15) is 14.9 Å². The fraction of sp³-hybridized carbons (Fsp3) is 0.133. The Balaban J connectivity index is 1.75. The molecule has 1 heterocycles. The molecule has 24 heavy (non-hydrogen) atoms. The summed E-state index contributed by atoms with van der Waals surface area (Å²) in [6.45, 7) is 0.135. The van der Waals surface area contributed by atoms with Crippen LogP contribution in [-0.4, -0.2) is 24.9 Å². The molecule has 0 spiro atoms. The highest BCUT2D eigenvalue weighted by Gasteiger charge is 2.16. The third-order valence-electron chi connectivity index (χ3n) is 3.27. The number of rotatable bonds is 4. The molecule has 1 aliphatic heterocycles. The van der Waals surface area contributed by atoms with Crippen LogP contribution in [-0.2, 0) is 0 Å². The van der Waals surface area contributed by atoms with Gasteiger partial charge in [-0.2, -0.15) is 0 Å². The number of carbonyl (C=O) groups excluding carboxylic acids is 1. The molecule has 0 aromatic heterocycles. The minimum Gasteiger partial charge on any atom is -0.495 e. The van der Waals surface area contributed by atoms with Crippen LogP contribution in [0, 0.1) is 10.1 Å². The van der Waals surface area contributed by atoms with Crippen molar-refractivity contribution in [1.82, 2.24) is 0 Å². The lowest BCUT2D eigenvalue weighted by Crippen LogP contribution is -2.19. The molecule has 2 aromatic rings. The van der Waals surface area contributed by atoms with Crippen molar-refractivity contribution in [3.8, 4) is 17.2 Å². The number of amides is 2. The van der Waals surface area contributed by atoms with Crippen LogP contribution in [0.15, 0.2) is 36.4 Å². The van der Waals surface area contributed by atoms with E-state index in [1.54, 1.807) is 18.2 Å². The van der Waals surface area contributed by atoms with Crippen molar-refractivity contribution in [1.29, 1.82) is 0 Å². The minimum absolute atomic E-state index is 0.135. The van der Waals surface area contributed by atoms with Gasteiger partial charge in [0.2, 0.25) is 6.79 Å². The van der Waals surface area contributed by atoms with Crippen molar-refractivity contribution < 1.29 is 23.9 Å². The highest BCUT2D eigenvalue weighted by molar-refractivity contribution is 6.01. The zero-order chi connectivity index (χ0) is 17.1. The number of nitrogens with one attached hydrogen (secondary N) is 2. The Hall–Kier alpha value is -3.49. The van der Waals surface area contributed by atoms with E-state index in [2.05, 4.69) is 10.6 Å². The Labute approximate surface area is 136 Å². The molecule has 124 valence electrons. The fourth-order valence-electron chi connectivity index (χ4n) is 2.17. The molecule has 1 aliphatic rings. The number of hydrogen-bond acceptors (Lipinski definition) is 6. The first-order valence-corrected chi connectivity index (χ1v) is 6.87. The second-order valence-electron chi connectivity index (χ2n) is 4.79. The number of nitro groups is 1. The van der Waals surface area contributed by atoms with E-state index in [0.29, 0.717) is 22.9 Å². The molecule has 2 aromatic carbocycles. The van der Waals surface area contributed by atoms with E-state index in [4.69, 9.17) is 14.2 Å². The predicted octanol–water partition coefficient (Wildman–Crippen LogP) is 2.98. The fourth-order valence-corrected chi connectivity index (χ4v) is 2.17. The number of benzene rings is 2. The Bertz CT molecular complexity index is 808. The smallest absolute Gasteiger partial charge is 0.323 e. The van der Waals surface area contributed by atoms with Crippen LogP contribution in [0.2, 0.25) is 0 Å². The molecule has 0 saturated heterocycles. The van der Waals surface area contributed by atoms with Gasteiger partial charge in [-0.1, -0.05) is 0 Å². The van der Waals surface area contributed by atoms with E-state index in [0.717, 1.165) is 0 Å². The van der Waals surface area contributed by atoms with Gasteiger partial charge in [0.15, 0.2) is 11.5 Å². The van der Waals surface area contributed by atoms with Crippen molar-refractivity contribution in [3.63, 3.8) is 0 Å². The van der Waals surface area contributed by atoms with Crippen molar-refractivity contribution in [2.45, 2.75) is 0 Å². The number of nitro benzene ring substituents is 1. The van der Waals surface area contributed by atoms with E-state index >= 15 is 0 Å². The van der Waals surface area contributed by atoms with Crippen LogP contribution in [0.25, 0.3) is 0 Å². The predicted molar refractivity (Wildman–Crippen MR) is 84.9 cm³/mol. The molecular weight excluding hydrogens is 318 g/mol. The zero-order valence-electron chi connectivity index (χ0n) is 12.6. The van der Waals surface area contributed by atoms with Crippen molar-refractivity contribution in [2.75, 3.05) is 24.5 Å². The summed E-state index contributed by atoms with van der Waals surface area (Å²) in [6, 6.07) is 8.29. The van der Waals surface area contributed by atoms with Crippen molar-refractivity contribution >= 4 is 23.1 Å². The molecule has 9 nitrogen and oxygen atoms in total. The summed E-state index contributed by atoms with van der Waals surface area (Å²) in [6.07, 6.45) is 0. The number of carbonyl (C=O) groups is 1. The maximum Gasteiger partial charge on any atom is 0.323 e. The highest BCUT2D eigenvalue weighted by atomic mass is 16.7. The minimum atomic E-state index is -0.576. The third kappa shape index (κ3) is 3.14. The molecule has 3 rings (SSSR count). The first-order valence-electron chi connectivity index (χ1n) is 6.87. The van der Waals surface area contributed by atoms with Gasteiger partial charge < -0.3 is 24.8 Å². The SMILES string of the molecule is COc1ccc([N+](=O)[O-])cc1NC(=O)Nc1ccc2c(c1)OCO2. The molecule has 9 heteroatoms. The van der Waals surface area contributed by atoms with Gasteiger partial charge in [-0.05, 0) is 18.2 Å². The monoisotopic (exact) mass is 331 g/mol. The summed E-state index contributed by atoms with van der Waals surface area (Å²) in [5, 5.41) is 16.0. The quantitative estimate of drug-likeness (QED) is 0.658. The molecule has 0 aliphatic carbocycles. The number of nitrogens with zero attached hydrogens (tertiary/aromatic N) is 1. The lowest BCUT2D eigenvalue weighted by atomic mass is 10.2. The van der Waals surface area contributed by atoms with Gasteiger partial charge in [-0.25, -0.2) is 4.79 Å². The van der Waals surface area contributed by atoms with Gasteiger partial charge in [-0.3, -0.25) is 10.1 Å². The standard InChI is InChI=1S/C15H13N3O6/c1-22-12-5-3-10(18(20)21)7-11(12)17-15(19)16-9-2-4-13-14(6-9)24-8-23-13/h2-7H,8H2,1H3,(H2,16,17,19). The molecule has 0 fully saturated rings. The third-order valence-corrected chi connectivity index (χ3v) is 3.27. The van der Waals surface area contributed by atoms with Gasteiger partial charge in [0.25, 0.3) is 5.69 Å². The zero-order valence-corrected chi connectivity index (χ0v) is 12.6. The molecule has 2 amide bonds. The average Bonchev–Trinajstić information content (AvgIpc) is 3.02. The summed E-state index contributed by atoms with van der Waals surface area (Å²) in [5.74, 6) is 1.43. The number of anilines is 2. The second-order valence-corrected chi connectivity index (χ2v) is 4.79. The Morgan fingerprint density at radius 2 is 1.96 bits per heavy atom. The summed E-state index contributed by atoms with van der Waals surface area (Å²) in [4.78, 5) is 22.4. The molecule has 2 N–H and O–H groups in total. The van der Waals surface area contributed by atoms with Crippen LogP contribution in [0.5, 0.6) is 17.2 Å². The number of ether oxygens (including phenoxy) is 3. The summed E-state index contributed by atoms with van der Waals surface area (Å²) < 4.78 is 15.5. The Morgan fingerprint density at radius 1 is 1.17 bits per heavy atom.